The number of pyridine rings is 1. The summed E-state index contributed by atoms with van der Waals surface area (Å²) in [6.45, 7) is 2.23. The lowest BCUT2D eigenvalue weighted by molar-refractivity contribution is -0.161. The average molecular weight is 791 g/mol. The highest BCUT2D eigenvalue weighted by atomic mass is 19.1. The molecule has 0 radical (unpaired) electrons. The molecule has 1 N–H and O–H groups in total. The maximum atomic E-state index is 17.7. The lowest BCUT2D eigenvalue weighted by Crippen LogP contribution is -2.60. The largest absolute Gasteiger partial charge is 0.475 e. The summed E-state index contributed by atoms with van der Waals surface area (Å²) in [5.74, 6) is 3.20. The Labute approximate surface area is 334 Å². The molecule has 2 aromatic heterocycles. The molecule has 6 bridgehead atoms. The molecular weight excluding hydrogens is 746 g/mol. The molecule has 4 aromatic rings. The van der Waals surface area contributed by atoms with Gasteiger partial charge >= 0.3 is 12.0 Å². The molecule has 58 heavy (non-hydrogen) atoms. The van der Waals surface area contributed by atoms with Crippen LogP contribution in [0.5, 0.6) is 17.6 Å². The van der Waals surface area contributed by atoms with Gasteiger partial charge in [0.2, 0.25) is 5.88 Å². The van der Waals surface area contributed by atoms with Crippen molar-refractivity contribution >= 4 is 33.5 Å². The summed E-state index contributed by atoms with van der Waals surface area (Å²) in [4.78, 5) is 33.1. The fourth-order valence-electron chi connectivity index (χ4n) is 13.2. The Morgan fingerprint density at radius 3 is 2.62 bits per heavy atom. The van der Waals surface area contributed by atoms with E-state index in [-0.39, 0.29) is 82.7 Å². The summed E-state index contributed by atoms with van der Waals surface area (Å²) in [6.07, 6.45) is 15.1. The first-order valence-electron chi connectivity index (χ1n) is 21.2. The van der Waals surface area contributed by atoms with Crippen LogP contribution < -0.4 is 24.4 Å². The van der Waals surface area contributed by atoms with E-state index in [1.54, 1.807) is 18.2 Å². The van der Waals surface area contributed by atoms with Crippen molar-refractivity contribution in [2.75, 3.05) is 37.7 Å². The number of hydrogen-bond acceptors (Lipinski definition) is 10. The van der Waals surface area contributed by atoms with E-state index in [0.29, 0.717) is 53.9 Å². The number of hydrogen-bond donors (Lipinski definition) is 1. The van der Waals surface area contributed by atoms with E-state index in [2.05, 4.69) is 21.0 Å². The molecule has 2 aromatic carbocycles. The van der Waals surface area contributed by atoms with Gasteiger partial charge in [-0.1, -0.05) is 12.0 Å². The van der Waals surface area contributed by atoms with Crippen LogP contribution in [-0.2, 0) is 4.79 Å². The van der Waals surface area contributed by atoms with Gasteiger partial charge in [0.15, 0.2) is 5.82 Å². The Morgan fingerprint density at radius 1 is 1.02 bits per heavy atom. The maximum absolute atomic E-state index is 17.7. The SMILES string of the molecule is C#Cc1c(F)ccc2cc(OC(=O)C34CC5CC(CC(C5)C3)C4)cc(-c3nc4c5c(nc(OC[C@@]67CCCN6C[C@H](F)C7)nc5c3F)N3C[C@H]5CC[C@H](N5)[C@H]3CO4)c12. The van der Waals surface area contributed by atoms with Gasteiger partial charge in [-0.3, -0.25) is 9.69 Å². The highest BCUT2D eigenvalue weighted by Crippen LogP contribution is 2.60. The second kappa shape index (κ2) is 12.7. The van der Waals surface area contributed by atoms with E-state index >= 15 is 8.78 Å². The van der Waals surface area contributed by atoms with E-state index < -0.39 is 28.8 Å². The molecule has 4 saturated heterocycles. The third kappa shape index (κ3) is 5.25. The van der Waals surface area contributed by atoms with Crippen molar-refractivity contribution < 1.29 is 32.2 Å². The minimum Gasteiger partial charge on any atom is -0.475 e. The van der Waals surface area contributed by atoms with Gasteiger partial charge in [0.25, 0.3) is 0 Å². The van der Waals surface area contributed by atoms with Crippen molar-refractivity contribution in [2.45, 2.75) is 100 Å². The van der Waals surface area contributed by atoms with Crippen LogP contribution in [0.1, 0.15) is 76.2 Å². The summed E-state index contributed by atoms with van der Waals surface area (Å²) in [6, 6.07) is 6.28. The summed E-state index contributed by atoms with van der Waals surface area (Å²) < 4.78 is 67.2. The molecule has 13 heteroatoms. The van der Waals surface area contributed by atoms with E-state index in [9.17, 15) is 9.18 Å². The zero-order valence-electron chi connectivity index (χ0n) is 32.2. The zero-order valence-corrected chi connectivity index (χ0v) is 32.2. The van der Waals surface area contributed by atoms with Crippen molar-refractivity contribution in [2.24, 2.45) is 23.2 Å². The number of nitrogens with one attached hydrogen (secondary N) is 1. The van der Waals surface area contributed by atoms with Crippen molar-refractivity contribution in [3.63, 3.8) is 0 Å². The normalized spacial score (nSPS) is 34.2. The van der Waals surface area contributed by atoms with Crippen LogP contribution in [0.25, 0.3) is 32.9 Å². The smallest absolute Gasteiger partial charge is 0.319 e. The zero-order chi connectivity index (χ0) is 39.1. The molecule has 5 aliphatic heterocycles. The van der Waals surface area contributed by atoms with Gasteiger partial charge in [0, 0.05) is 42.5 Å². The minimum absolute atomic E-state index is 0.0157. The molecular formula is C45H45F3N6O4. The van der Waals surface area contributed by atoms with Gasteiger partial charge in [-0.05, 0) is 112 Å². The molecule has 7 heterocycles. The maximum Gasteiger partial charge on any atom is 0.319 e. The average Bonchev–Trinajstić information content (AvgIpc) is 3.84. The molecule has 13 rings (SSSR count). The van der Waals surface area contributed by atoms with Gasteiger partial charge in [-0.15, -0.1) is 6.42 Å². The second-order valence-electron chi connectivity index (χ2n) is 18.8. The number of carbonyl (C=O) groups is 1. The molecule has 4 aliphatic carbocycles. The van der Waals surface area contributed by atoms with E-state index in [4.69, 9.17) is 35.6 Å². The van der Waals surface area contributed by atoms with Crippen LogP contribution in [-0.4, -0.2) is 88.5 Å². The molecule has 10 nitrogen and oxygen atoms in total. The molecule has 0 amide bonds. The van der Waals surface area contributed by atoms with E-state index in [1.807, 2.05) is 0 Å². The van der Waals surface area contributed by atoms with E-state index in [0.717, 1.165) is 51.5 Å². The molecule has 0 spiro atoms. The van der Waals surface area contributed by atoms with Crippen molar-refractivity contribution in [1.29, 1.82) is 0 Å². The van der Waals surface area contributed by atoms with Gasteiger partial charge in [-0.2, -0.15) is 9.97 Å². The Bertz CT molecular complexity index is 2440. The number of alkyl halides is 1. The van der Waals surface area contributed by atoms with Gasteiger partial charge in [-0.25, -0.2) is 18.2 Å². The number of fused-ring (bicyclic) bond motifs is 7. The number of anilines is 1. The first-order valence-corrected chi connectivity index (χ1v) is 21.2. The van der Waals surface area contributed by atoms with Gasteiger partial charge in [0.05, 0.1) is 22.6 Å². The monoisotopic (exact) mass is 790 g/mol. The quantitative estimate of drug-likeness (QED) is 0.126. The number of piperazine rings is 1. The second-order valence-corrected chi connectivity index (χ2v) is 18.8. The fourth-order valence-corrected chi connectivity index (χ4v) is 13.2. The van der Waals surface area contributed by atoms with Crippen molar-refractivity contribution in [3.8, 4) is 41.2 Å². The lowest BCUT2D eigenvalue weighted by Gasteiger charge is -2.55. The number of benzene rings is 2. The Morgan fingerprint density at radius 2 is 1.83 bits per heavy atom. The number of ether oxygens (including phenoxy) is 3. The van der Waals surface area contributed by atoms with Gasteiger partial charge in [0.1, 0.15) is 53.4 Å². The van der Waals surface area contributed by atoms with Crippen LogP contribution in [0.2, 0.25) is 0 Å². The highest BCUT2D eigenvalue weighted by molar-refractivity contribution is 6.04. The third-order valence-electron chi connectivity index (χ3n) is 15.3. The summed E-state index contributed by atoms with van der Waals surface area (Å²) in [5.41, 5.74) is -1.15. The van der Waals surface area contributed by atoms with E-state index in [1.165, 1.54) is 25.3 Å². The van der Waals surface area contributed by atoms with Crippen LogP contribution in [0.4, 0.5) is 19.0 Å². The fraction of sp³-hybridized carbons (Fsp3) is 0.556. The number of terminal acetylenes is 1. The van der Waals surface area contributed by atoms with Crippen LogP contribution >= 0.6 is 0 Å². The number of halogens is 3. The number of carbonyl (C=O) groups excluding carboxylic acids is 1. The molecule has 0 unspecified atom stereocenters. The first-order chi connectivity index (χ1) is 28.2. The standard InChI is InChI=1S/C45H45F3N6O4/c1-2-30-32(47)6-4-26-13-29(58-42(55)44-15-23-10-24(16-44)12-25(11-23)17-44)14-31(35(26)30)38-37(48)39-36-40(54-20-28-5-7-33(49-28)34(54)21-56-41(36)50-38)52-43(51-39)57-22-45-8-3-9-53(45)19-27(46)18-45/h1,4,6,13-14,23-25,27-28,33-34,49H,3,5,7-12,15-22H2/t23?,24?,25?,27-,28-,33+,34-,44?,45+/m1/s1. The number of rotatable bonds is 6. The number of nitrogens with zero attached hydrogens (tertiary/aromatic N) is 5. The minimum atomic E-state index is -0.941. The van der Waals surface area contributed by atoms with Crippen LogP contribution in [0.15, 0.2) is 24.3 Å². The van der Waals surface area contributed by atoms with Crippen LogP contribution in [0, 0.1) is 47.1 Å². The van der Waals surface area contributed by atoms with Crippen LogP contribution in [0.3, 0.4) is 0 Å². The summed E-state index contributed by atoms with van der Waals surface area (Å²) in [5, 5.41) is 4.76. The third-order valence-corrected chi connectivity index (χ3v) is 15.3. The number of aromatic nitrogens is 3. The Balaban J connectivity index is 1.01. The number of esters is 1. The predicted octanol–water partition coefficient (Wildman–Crippen LogP) is 6.88. The summed E-state index contributed by atoms with van der Waals surface area (Å²) >= 11 is 0. The topological polar surface area (TPSA) is 102 Å². The van der Waals surface area contributed by atoms with Crippen molar-refractivity contribution in [1.82, 2.24) is 25.2 Å². The Kier molecular flexibility index (Phi) is 7.71. The summed E-state index contributed by atoms with van der Waals surface area (Å²) in [7, 11) is 0. The predicted molar refractivity (Wildman–Crippen MR) is 209 cm³/mol. The lowest BCUT2D eigenvalue weighted by atomic mass is 9.49. The van der Waals surface area contributed by atoms with Gasteiger partial charge < -0.3 is 24.4 Å². The molecule has 4 saturated carbocycles. The first kappa shape index (κ1) is 35.3. The molecule has 300 valence electrons. The molecule has 8 fully saturated rings. The van der Waals surface area contributed by atoms with Crippen molar-refractivity contribution in [3.05, 3.63) is 41.5 Å². The molecule has 9 aliphatic rings. The molecule has 5 atom stereocenters. The Hall–Kier alpha value is -4.67. The highest BCUT2D eigenvalue weighted by Gasteiger charge is 2.56.